The van der Waals surface area contributed by atoms with Crippen LogP contribution in [0.2, 0.25) is 0 Å². The van der Waals surface area contributed by atoms with Gasteiger partial charge in [0.05, 0.1) is 5.92 Å². The summed E-state index contributed by atoms with van der Waals surface area (Å²) in [6.45, 7) is 4.01. The van der Waals surface area contributed by atoms with Gasteiger partial charge in [-0.1, -0.05) is 25.0 Å². The third-order valence-corrected chi connectivity index (χ3v) is 2.52. The second-order valence-electron chi connectivity index (χ2n) is 4.34. The molecule has 2 nitrogen and oxygen atoms in total. The van der Waals surface area contributed by atoms with Crippen LogP contribution in [-0.4, -0.2) is 11.9 Å². The van der Waals surface area contributed by atoms with E-state index < -0.39 is 0 Å². The van der Waals surface area contributed by atoms with Gasteiger partial charge in [-0.3, -0.25) is 4.79 Å². The predicted octanol–water partition coefficient (Wildman–Crippen LogP) is 2.65. The summed E-state index contributed by atoms with van der Waals surface area (Å²) in [6, 6.07) is 0.251. The van der Waals surface area contributed by atoms with Crippen LogP contribution >= 0.6 is 0 Å². The Bertz CT molecular complexity index is 208. The van der Waals surface area contributed by atoms with Crippen LogP contribution in [0.15, 0.2) is 12.2 Å². The van der Waals surface area contributed by atoms with E-state index in [1.165, 1.54) is 19.3 Å². The highest BCUT2D eigenvalue weighted by Gasteiger charge is 2.16. The highest BCUT2D eigenvalue weighted by Crippen LogP contribution is 2.17. The van der Waals surface area contributed by atoms with Crippen molar-refractivity contribution in [2.24, 2.45) is 5.92 Å². The second kappa shape index (κ2) is 5.84. The van der Waals surface area contributed by atoms with Crippen molar-refractivity contribution in [3.05, 3.63) is 12.2 Å². The van der Waals surface area contributed by atoms with Crippen LogP contribution in [0.4, 0.5) is 0 Å². The van der Waals surface area contributed by atoms with Crippen LogP contribution in [0.1, 0.15) is 46.0 Å². The fourth-order valence-electron chi connectivity index (χ4n) is 1.77. The van der Waals surface area contributed by atoms with Gasteiger partial charge >= 0.3 is 0 Å². The highest BCUT2D eigenvalue weighted by molar-refractivity contribution is 5.80. The molecule has 0 aliphatic heterocycles. The summed E-state index contributed by atoms with van der Waals surface area (Å²) in [5.41, 5.74) is 0. The van der Waals surface area contributed by atoms with Crippen molar-refractivity contribution in [3.63, 3.8) is 0 Å². The number of hydrogen-bond donors (Lipinski definition) is 1. The molecule has 1 rings (SSSR count). The fourth-order valence-corrected chi connectivity index (χ4v) is 1.77. The number of nitrogens with one attached hydrogen (secondary N) is 1. The Morgan fingerprint density at radius 2 is 2.14 bits per heavy atom. The van der Waals surface area contributed by atoms with Crippen molar-refractivity contribution in [1.82, 2.24) is 5.32 Å². The van der Waals surface area contributed by atoms with Crippen LogP contribution in [0, 0.1) is 5.92 Å². The summed E-state index contributed by atoms with van der Waals surface area (Å²) in [5, 5.41) is 2.97. The lowest BCUT2D eigenvalue weighted by molar-refractivity contribution is -0.124. The van der Waals surface area contributed by atoms with Crippen LogP contribution in [0.5, 0.6) is 0 Å². The Labute approximate surface area is 86.8 Å². The standard InChI is InChI=1S/C12H21NO/c1-10(2)13-12(14)11-8-6-4-3-5-7-9-11/h6,8,10-11H,3-5,7,9H2,1-2H3,(H,13,14)/b8-6-. The van der Waals surface area contributed by atoms with Crippen molar-refractivity contribution in [1.29, 1.82) is 0 Å². The first-order chi connectivity index (χ1) is 6.70. The minimum absolute atomic E-state index is 0.109. The first kappa shape index (κ1) is 11.3. The Morgan fingerprint density at radius 1 is 1.36 bits per heavy atom. The summed E-state index contributed by atoms with van der Waals surface area (Å²) in [5.74, 6) is 0.302. The van der Waals surface area contributed by atoms with E-state index >= 15 is 0 Å². The first-order valence-corrected chi connectivity index (χ1v) is 5.67. The molecule has 1 aliphatic rings. The Hall–Kier alpha value is -0.790. The van der Waals surface area contributed by atoms with E-state index in [9.17, 15) is 4.79 Å². The molecule has 0 aromatic heterocycles. The number of hydrogen-bond acceptors (Lipinski definition) is 1. The van der Waals surface area contributed by atoms with Gasteiger partial charge in [-0.05, 0) is 33.1 Å². The first-order valence-electron chi connectivity index (χ1n) is 5.67. The van der Waals surface area contributed by atoms with Crippen molar-refractivity contribution >= 4 is 5.91 Å². The van der Waals surface area contributed by atoms with Gasteiger partial charge in [0.25, 0.3) is 0 Å². The maximum absolute atomic E-state index is 11.7. The van der Waals surface area contributed by atoms with E-state index in [0.29, 0.717) is 0 Å². The zero-order chi connectivity index (χ0) is 10.4. The van der Waals surface area contributed by atoms with Crippen molar-refractivity contribution in [2.75, 3.05) is 0 Å². The summed E-state index contributed by atoms with van der Waals surface area (Å²) in [7, 11) is 0. The minimum Gasteiger partial charge on any atom is -0.353 e. The van der Waals surface area contributed by atoms with Crippen molar-refractivity contribution in [3.8, 4) is 0 Å². The zero-order valence-corrected chi connectivity index (χ0v) is 9.25. The molecule has 1 atom stereocenters. The highest BCUT2D eigenvalue weighted by atomic mass is 16.1. The van der Waals surface area contributed by atoms with Gasteiger partial charge in [-0.25, -0.2) is 0 Å². The quantitative estimate of drug-likeness (QED) is 0.674. The average molecular weight is 195 g/mol. The molecule has 1 N–H and O–H groups in total. The van der Waals surface area contributed by atoms with E-state index in [2.05, 4.69) is 17.5 Å². The Kier molecular flexibility index (Phi) is 4.71. The molecule has 0 aromatic rings. The molecule has 0 saturated heterocycles. The molecule has 2 heteroatoms. The molecule has 0 radical (unpaired) electrons. The lowest BCUT2D eigenvalue weighted by atomic mass is 9.96. The maximum Gasteiger partial charge on any atom is 0.227 e. The van der Waals surface area contributed by atoms with Gasteiger partial charge in [0.2, 0.25) is 5.91 Å². The van der Waals surface area contributed by atoms with Gasteiger partial charge in [0, 0.05) is 6.04 Å². The number of rotatable bonds is 2. The van der Waals surface area contributed by atoms with E-state index in [4.69, 9.17) is 0 Å². The number of allylic oxidation sites excluding steroid dienone is 1. The summed E-state index contributed by atoms with van der Waals surface area (Å²) in [4.78, 5) is 11.7. The molecule has 0 bridgehead atoms. The van der Waals surface area contributed by atoms with E-state index in [-0.39, 0.29) is 17.9 Å². The molecule has 1 unspecified atom stereocenters. The molecule has 0 heterocycles. The van der Waals surface area contributed by atoms with Gasteiger partial charge < -0.3 is 5.32 Å². The lowest BCUT2D eigenvalue weighted by Gasteiger charge is -2.16. The third-order valence-electron chi connectivity index (χ3n) is 2.52. The normalized spacial score (nSPS) is 25.2. The molecule has 0 spiro atoms. The summed E-state index contributed by atoms with van der Waals surface area (Å²) in [6.07, 6.45) is 10.1. The number of carbonyl (C=O) groups excluding carboxylic acids is 1. The van der Waals surface area contributed by atoms with Crippen molar-refractivity contribution < 1.29 is 4.79 Å². The molecule has 1 aliphatic carbocycles. The Balaban J connectivity index is 2.46. The monoisotopic (exact) mass is 195 g/mol. The number of amides is 1. The van der Waals surface area contributed by atoms with Gasteiger partial charge in [0.1, 0.15) is 0 Å². The molecule has 14 heavy (non-hydrogen) atoms. The third kappa shape index (κ3) is 3.95. The lowest BCUT2D eigenvalue weighted by Crippen LogP contribution is -2.35. The minimum atomic E-state index is 0.109. The predicted molar refractivity (Wildman–Crippen MR) is 59.0 cm³/mol. The molecule has 0 aromatic carbocycles. The maximum atomic E-state index is 11.7. The zero-order valence-electron chi connectivity index (χ0n) is 9.25. The van der Waals surface area contributed by atoms with Gasteiger partial charge in [-0.15, -0.1) is 0 Å². The molecular weight excluding hydrogens is 174 g/mol. The van der Waals surface area contributed by atoms with Crippen LogP contribution < -0.4 is 5.32 Å². The molecule has 0 fully saturated rings. The van der Waals surface area contributed by atoms with Gasteiger partial charge in [-0.2, -0.15) is 0 Å². The van der Waals surface area contributed by atoms with Crippen LogP contribution in [0.25, 0.3) is 0 Å². The molecular formula is C12H21NO. The fraction of sp³-hybridized carbons (Fsp3) is 0.750. The van der Waals surface area contributed by atoms with Crippen LogP contribution in [-0.2, 0) is 4.79 Å². The molecule has 0 saturated carbocycles. The van der Waals surface area contributed by atoms with Crippen LogP contribution in [0.3, 0.4) is 0 Å². The summed E-state index contributed by atoms with van der Waals surface area (Å²) >= 11 is 0. The van der Waals surface area contributed by atoms with E-state index in [0.717, 1.165) is 12.8 Å². The Morgan fingerprint density at radius 3 is 2.86 bits per heavy atom. The van der Waals surface area contributed by atoms with Gasteiger partial charge in [0.15, 0.2) is 0 Å². The van der Waals surface area contributed by atoms with E-state index in [1.807, 2.05) is 13.8 Å². The number of carbonyl (C=O) groups is 1. The SMILES string of the molecule is CC(C)NC(=O)C1/C=C\CCCCC1. The molecule has 1 amide bonds. The largest absolute Gasteiger partial charge is 0.353 e. The smallest absolute Gasteiger partial charge is 0.227 e. The van der Waals surface area contributed by atoms with Crippen molar-refractivity contribution in [2.45, 2.75) is 52.0 Å². The average Bonchev–Trinajstić information content (AvgIpc) is 2.00. The molecule has 80 valence electrons. The topological polar surface area (TPSA) is 29.1 Å². The second-order valence-corrected chi connectivity index (χ2v) is 4.34. The van der Waals surface area contributed by atoms with E-state index in [1.54, 1.807) is 0 Å². The summed E-state index contributed by atoms with van der Waals surface area (Å²) < 4.78 is 0.